The Labute approximate surface area is 81.6 Å². The Morgan fingerprint density at radius 3 is 2.85 bits per heavy atom. The average Bonchev–Trinajstić information content (AvgIpc) is 2.92. The standard InChI is InChI=1S/C11H22O2/c1-3-12-8-4-5-10(2)6-7-11-9-13-11/h10-11H,3-9H2,1-2H3. The fraction of sp³-hybridized carbons (Fsp3) is 1.00. The van der Waals surface area contributed by atoms with E-state index in [9.17, 15) is 0 Å². The number of ether oxygens (including phenoxy) is 2. The summed E-state index contributed by atoms with van der Waals surface area (Å²) in [5.41, 5.74) is 0. The molecule has 1 fully saturated rings. The Bertz CT molecular complexity index is 121. The van der Waals surface area contributed by atoms with Gasteiger partial charge in [-0.05, 0) is 38.5 Å². The van der Waals surface area contributed by atoms with Crippen LogP contribution in [0.5, 0.6) is 0 Å². The van der Waals surface area contributed by atoms with E-state index in [0.29, 0.717) is 6.10 Å². The lowest BCUT2D eigenvalue weighted by Gasteiger charge is -2.09. The second-order valence-electron chi connectivity index (χ2n) is 3.98. The zero-order valence-corrected chi connectivity index (χ0v) is 8.92. The summed E-state index contributed by atoms with van der Waals surface area (Å²) < 4.78 is 10.5. The zero-order valence-electron chi connectivity index (χ0n) is 8.92. The molecule has 2 nitrogen and oxygen atoms in total. The van der Waals surface area contributed by atoms with E-state index in [1.165, 1.54) is 25.7 Å². The van der Waals surface area contributed by atoms with Crippen molar-refractivity contribution in [1.82, 2.24) is 0 Å². The van der Waals surface area contributed by atoms with Gasteiger partial charge in [0.25, 0.3) is 0 Å². The lowest BCUT2D eigenvalue weighted by Crippen LogP contribution is -2.01. The molecule has 0 aromatic heterocycles. The Balaban J connectivity index is 1.81. The topological polar surface area (TPSA) is 21.8 Å². The van der Waals surface area contributed by atoms with Gasteiger partial charge in [-0.15, -0.1) is 0 Å². The van der Waals surface area contributed by atoms with Crippen LogP contribution in [0.2, 0.25) is 0 Å². The molecule has 0 aromatic carbocycles. The first-order chi connectivity index (χ1) is 6.33. The van der Waals surface area contributed by atoms with Crippen molar-refractivity contribution < 1.29 is 9.47 Å². The molecule has 0 bridgehead atoms. The first-order valence-corrected chi connectivity index (χ1v) is 5.52. The van der Waals surface area contributed by atoms with Crippen molar-refractivity contribution in [3.05, 3.63) is 0 Å². The average molecular weight is 186 g/mol. The largest absolute Gasteiger partial charge is 0.382 e. The molecular weight excluding hydrogens is 164 g/mol. The van der Waals surface area contributed by atoms with Gasteiger partial charge in [0.2, 0.25) is 0 Å². The summed E-state index contributed by atoms with van der Waals surface area (Å²) in [4.78, 5) is 0. The van der Waals surface area contributed by atoms with Crippen LogP contribution in [0.4, 0.5) is 0 Å². The van der Waals surface area contributed by atoms with E-state index in [-0.39, 0.29) is 0 Å². The van der Waals surface area contributed by atoms with Crippen molar-refractivity contribution in [3.8, 4) is 0 Å². The molecule has 0 saturated carbocycles. The van der Waals surface area contributed by atoms with Gasteiger partial charge in [0.1, 0.15) is 0 Å². The third-order valence-corrected chi connectivity index (χ3v) is 2.57. The molecule has 2 heteroatoms. The van der Waals surface area contributed by atoms with Crippen LogP contribution in [0, 0.1) is 5.92 Å². The third-order valence-electron chi connectivity index (χ3n) is 2.57. The van der Waals surface area contributed by atoms with Crippen LogP contribution in [0.15, 0.2) is 0 Å². The van der Waals surface area contributed by atoms with E-state index in [1.807, 2.05) is 6.92 Å². The molecular formula is C11H22O2. The highest BCUT2D eigenvalue weighted by molar-refractivity contribution is 4.70. The molecule has 1 aliphatic rings. The fourth-order valence-electron chi connectivity index (χ4n) is 1.53. The molecule has 1 saturated heterocycles. The van der Waals surface area contributed by atoms with Crippen LogP contribution in [-0.2, 0) is 9.47 Å². The lowest BCUT2D eigenvalue weighted by atomic mass is 9.99. The number of hydrogen-bond donors (Lipinski definition) is 0. The van der Waals surface area contributed by atoms with Crippen molar-refractivity contribution >= 4 is 0 Å². The van der Waals surface area contributed by atoms with E-state index in [1.54, 1.807) is 0 Å². The van der Waals surface area contributed by atoms with Gasteiger partial charge in [-0.1, -0.05) is 6.92 Å². The van der Waals surface area contributed by atoms with E-state index < -0.39 is 0 Å². The van der Waals surface area contributed by atoms with Crippen molar-refractivity contribution in [1.29, 1.82) is 0 Å². The Hall–Kier alpha value is -0.0800. The van der Waals surface area contributed by atoms with Crippen LogP contribution in [-0.4, -0.2) is 25.9 Å². The minimum absolute atomic E-state index is 0.606. The fourth-order valence-corrected chi connectivity index (χ4v) is 1.53. The second kappa shape index (κ2) is 6.39. The zero-order chi connectivity index (χ0) is 9.52. The third kappa shape index (κ3) is 6.05. The molecule has 78 valence electrons. The van der Waals surface area contributed by atoms with Gasteiger partial charge in [0, 0.05) is 13.2 Å². The van der Waals surface area contributed by atoms with Gasteiger partial charge in [-0.3, -0.25) is 0 Å². The predicted octanol–water partition coefficient (Wildman–Crippen LogP) is 2.62. The summed E-state index contributed by atoms with van der Waals surface area (Å²) in [6.45, 7) is 7.17. The summed E-state index contributed by atoms with van der Waals surface area (Å²) in [5.74, 6) is 0.838. The normalized spacial score (nSPS) is 23.1. The summed E-state index contributed by atoms with van der Waals surface area (Å²) >= 11 is 0. The van der Waals surface area contributed by atoms with E-state index in [2.05, 4.69) is 6.92 Å². The smallest absolute Gasteiger partial charge is 0.0810 e. The highest BCUT2D eigenvalue weighted by Crippen LogP contribution is 2.21. The van der Waals surface area contributed by atoms with Crippen LogP contribution in [0.1, 0.15) is 39.5 Å². The van der Waals surface area contributed by atoms with Crippen LogP contribution in [0.25, 0.3) is 0 Å². The molecule has 2 unspecified atom stereocenters. The number of hydrogen-bond acceptors (Lipinski definition) is 2. The molecule has 0 amide bonds. The first kappa shape index (κ1) is 11.0. The van der Waals surface area contributed by atoms with Crippen LogP contribution in [0.3, 0.4) is 0 Å². The van der Waals surface area contributed by atoms with Crippen molar-refractivity contribution in [2.45, 2.75) is 45.6 Å². The van der Waals surface area contributed by atoms with Gasteiger partial charge in [-0.25, -0.2) is 0 Å². The summed E-state index contributed by atoms with van der Waals surface area (Å²) in [5, 5.41) is 0. The molecule has 0 aliphatic carbocycles. The highest BCUT2D eigenvalue weighted by Gasteiger charge is 2.22. The molecule has 0 aromatic rings. The molecule has 1 aliphatic heterocycles. The quantitative estimate of drug-likeness (QED) is 0.429. The molecule has 0 N–H and O–H groups in total. The van der Waals surface area contributed by atoms with Crippen molar-refractivity contribution in [2.24, 2.45) is 5.92 Å². The first-order valence-electron chi connectivity index (χ1n) is 5.52. The predicted molar refractivity (Wildman–Crippen MR) is 53.9 cm³/mol. The van der Waals surface area contributed by atoms with Crippen molar-refractivity contribution in [2.75, 3.05) is 19.8 Å². The van der Waals surface area contributed by atoms with Gasteiger partial charge < -0.3 is 9.47 Å². The minimum atomic E-state index is 0.606. The van der Waals surface area contributed by atoms with E-state index in [0.717, 1.165) is 25.7 Å². The van der Waals surface area contributed by atoms with E-state index in [4.69, 9.17) is 9.47 Å². The monoisotopic (exact) mass is 186 g/mol. The SMILES string of the molecule is CCOCCCC(C)CCC1CO1. The van der Waals surface area contributed by atoms with E-state index >= 15 is 0 Å². The summed E-state index contributed by atoms with van der Waals surface area (Å²) in [7, 11) is 0. The van der Waals surface area contributed by atoms with Gasteiger partial charge in [0.15, 0.2) is 0 Å². The van der Waals surface area contributed by atoms with Gasteiger partial charge in [-0.2, -0.15) is 0 Å². The minimum Gasteiger partial charge on any atom is -0.382 e. The maximum absolute atomic E-state index is 5.30. The number of epoxide rings is 1. The molecule has 2 atom stereocenters. The van der Waals surface area contributed by atoms with Crippen LogP contribution < -0.4 is 0 Å². The second-order valence-corrected chi connectivity index (χ2v) is 3.98. The molecule has 13 heavy (non-hydrogen) atoms. The molecule has 0 spiro atoms. The number of rotatable bonds is 8. The maximum Gasteiger partial charge on any atom is 0.0810 e. The molecule has 1 heterocycles. The Morgan fingerprint density at radius 2 is 2.23 bits per heavy atom. The van der Waals surface area contributed by atoms with Gasteiger partial charge in [0.05, 0.1) is 12.7 Å². The highest BCUT2D eigenvalue weighted by atomic mass is 16.6. The van der Waals surface area contributed by atoms with Gasteiger partial charge >= 0.3 is 0 Å². The lowest BCUT2D eigenvalue weighted by molar-refractivity contribution is 0.139. The molecule has 0 radical (unpaired) electrons. The maximum atomic E-state index is 5.30. The molecule has 1 rings (SSSR count). The summed E-state index contributed by atoms with van der Waals surface area (Å²) in [6, 6.07) is 0. The Morgan fingerprint density at radius 1 is 1.46 bits per heavy atom. The van der Waals surface area contributed by atoms with Crippen molar-refractivity contribution in [3.63, 3.8) is 0 Å². The Kier molecular flexibility index (Phi) is 5.40. The van der Waals surface area contributed by atoms with Crippen LogP contribution >= 0.6 is 0 Å². The summed E-state index contributed by atoms with van der Waals surface area (Å²) in [6.07, 6.45) is 5.69.